The Morgan fingerprint density at radius 1 is 1.14 bits per heavy atom. The summed E-state index contributed by atoms with van der Waals surface area (Å²) >= 11 is 0. The summed E-state index contributed by atoms with van der Waals surface area (Å²) in [6, 6.07) is 6.25. The molecule has 0 aromatic heterocycles. The molecule has 0 saturated heterocycles. The van der Waals surface area contributed by atoms with Crippen LogP contribution in [0, 0.1) is 6.92 Å². The Morgan fingerprint density at radius 2 is 1.76 bits per heavy atom. The summed E-state index contributed by atoms with van der Waals surface area (Å²) < 4.78 is 26.5. The molecule has 1 heterocycles. The minimum atomic E-state index is -3.79. The van der Waals surface area contributed by atoms with Gasteiger partial charge in [0, 0.05) is 5.57 Å². The molecule has 1 unspecified atom stereocenters. The van der Waals surface area contributed by atoms with Gasteiger partial charge in [0.25, 0.3) is 15.9 Å². The normalized spacial score (nSPS) is 19.0. The summed E-state index contributed by atoms with van der Waals surface area (Å²) in [5.74, 6) is -0.406. The van der Waals surface area contributed by atoms with Crippen LogP contribution in [0.3, 0.4) is 0 Å². The highest BCUT2D eigenvalue weighted by Gasteiger charge is 2.39. The zero-order chi connectivity index (χ0) is 15.6. The summed E-state index contributed by atoms with van der Waals surface area (Å²) in [6.07, 6.45) is 4.30. The van der Waals surface area contributed by atoms with Gasteiger partial charge in [-0.1, -0.05) is 43.5 Å². The lowest BCUT2D eigenvalue weighted by molar-refractivity contribution is -0.122. The van der Waals surface area contributed by atoms with Gasteiger partial charge < -0.3 is 0 Å². The average molecular weight is 307 g/mol. The zero-order valence-electron chi connectivity index (χ0n) is 12.7. The first kappa shape index (κ1) is 15.8. The van der Waals surface area contributed by atoms with Crippen LogP contribution in [-0.4, -0.2) is 24.7 Å². The molecule has 1 aromatic rings. The van der Waals surface area contributed by atoms with E-state index in [1.807, 2.05) is 13.8 Å². The fraction of sp³-hybridized carbons (Fsp3) is 0.438. The van der Waals surface area contributed by atoms with Gasteiger partial charge in [0.1, 0.15) is 0 Å². The van der Waals surface area contributed by atoms with E-state index >= 15 is 0 Å². The number of nitrogens with zero attached hydrogens (tertiary/aromatic N) is 1. The van der Waals surface area contributed by atoms with Gasteiger partial charge in [-0.3, -0.25) is 4.79 Å². The maximum atomic E-state index is 12.7. The van der Waals surface area contributed by atoms with Crippen LogP contribution in [0.4, 0.5) is 0 Å². The van der Waals surface area contributed by atoms with Crippen molar-refractivity contribution in [2.45, 2.75) is 51.0 Å². The standard InChI is InChI=1S/C16H21NO3S/c1-4-5-6-14-11-13(3)16(18)17(14)21(19,20)15-9-7-12(2)8-10-15/h7-11,14H,4-6H2,1-3H3. The van der Waals surface area contributed by atoms with Crippen LogP contribution >= 0.6 is 0 Å². The van der Waals surface area contributed by atoms with Gasteiger partial charge in [-0.05, 0) is 32.4 Å². The molecule has 1 atom stereocenters. The van der Waals surface area contributed by atoms with E-state index in [4.69, 9.17) is 0 Å². The second kappa shape index (κ2) is 6.02. The maximum absolute atomic E-state index is 12.7. The number of hydrogen-bond acceptors (Lipinski definition) is 3. The molecular weight excluding hydrogens is 286 g/mol. The first-order chi connectivity index (χ1) is 9.87. The molecule has 0 aliphatic carbocycles. The first-order valence-electron chi connectivity index (χ1n) is 7.21. The lowest BCUT2D eigenvalue weighted by Gasteiger charge is -2.24. The molecule has 1 amide bonds. The Hall–Kier alpha value is -1.62. The zero-order valence-corrected chi connectivity index (χ0v) is 13.5. The first-order valence-corrected chi connectivity index (χ1v) is 8.65. The predicted molar refractivity (Wildman–Crippen MR) is 82.3 cm³/mol. The van der Waals surface area contributed by atoms with Crippen molar-refractivity contribution in [2.75, 3.05) is 0 Å². The predicted octanol–water partition coefficient (Wildman–Crippen LogP) is 3.03. The van der Waals surface area contributed by atoms with Crippen molar-refractivity contribution in [3.63, 3.8) is 0 Å². The van der Waals surface area contributed by atoms with E-state index in [0.717, 1.165) is 22.7 Å². The third-order valence-corrected chi connectivity index (χ3v) is 5.53. The summed E-state index contributed by atoms with van der Waals surface area (Å²) in [7, 11) is -3.79. The van der Waals surface area contributed by atoms with Crippen molar-refractivity contribution in [1.29, 1.82) is 0 Å². The largest absolute Gasteiger partial charge is 0.268 e. The fourth-order valence-electron chi connectivity index (χ4n) is 2.48. The molecule has 0 fully saturated rings. The molecule has 0 bridgehead atoms. The number of hydrogen-bond donors (Lipinski definition) is 0. The summed E-state index contributed by atoms with van der Waals surface area (Å²) in [6.45, 7) is 5.62. The van der Waals surface area contributed by atoms with Gasteiger partial charge in [-0.25, -0.2) is 12.7 Å². The molecule has 21 heavy (non-hydrogen) atoms. The highest BCUT2D eigenvalue weighted by Crippen LogP contribution is 2.29. The second-order valence-electron chi connectivity index (χ2n) is 5.48. The van der Waals surface area contributed by atoms with Crippen LogP contribution in [0.5, 0.6) is 0 Å². The quantitative estimate of drug-likeness (QED) is 0.840. The van der Waals surface area contributed by atoms with E-state index < -0.39 is 15.9 Å². The topological polar surface area (TPSA) is 54.5 Å². The molecule has 0 radical (unpaired) electrons. The number of sulfonamides is 1. The lowest BCUT2D eigenvalue weighted by atomic mass is 10.1. The Morgan fingerprint density at radius 3 is 2.33 bits per heavy atom. The maximum Gasteiger partial charge on any atom is 0.267 e. The molecule has 1 aromatic carbocycles. The van der Waals surface area contributed by atoms with Gasteiger partial charge in [-0.15, -0.1) is 0 Å². The molecule has 0 N–H and O–H groups in total. The van der Waals surface area contributed by atoms with Crippen LogP contribution in [0.1, 0.15) is 38.7 Å². The van der Waals surface area contributed by atoms with Gasteiger partial charge >= 0.3 is 0 Å². The smallest absolute Gasteiger partial charge is 0.267 e. The van der Waals surface area contributed by atoms with Crippen molar-refractivity contribution >= 4 is 15.9 Å². The minimum absolute atomic E-state index is 0.172. The number of carbonyl (C=O) groups is 1. The highest BCUT2D eigenvalue weighted by atomic mass is 32.2. The van der Waals surface area contributed by atoms with E-state index in [1.54, 1.807) is 37.3 Å². The Labute approximate surface area is 126 Å². The van der Waals surface area contributed by atoms with Gasteiger partial charge in [0.2, 0.25) is 0 Å². The third-order valence-electron chi connectivity index (χ3n) is 3.71. The third kappa shape index (κ3) is 3.02. The summed E-state index contributed by atoms with van der Waals surface area (Å²) in [5.41, 5.74) is 1.49. The lowest BCUT2D eigenvalue weighted by Crippen LogP contribution is -2.39. The number of amides is 1. The van der Waals surface area contributed by atoms with E-state index in [2.05, 4.69) is 0 Å². The van der Waals surface area contributed by atoms with E-state index in [0.29, 0.717) is 12.0 Å². The Bertz CT molecular complexity index is 659. The SMILES string of the molecule is CCCCC1C=C(C)C(=O)N1S(=O)(=O)c1ccc(C)cc1. The summed E-state index contributed by atoms with van der Waals surface area (Å²) in [4.78, 5) is 12.4. The van der Waals surface area contributed by atoms with Crippen LogP contribution in [0.25, 0.3) is 0 Å². The summed E-state index contributed by atoms with van der Waals surface area (Å²) in [5, 5.41) is 0. The van der Waals surface area contributed by atoms with E-state index in [-0.39, 0.29) is 10.9 Å². The van der Waals surface area contributed by atoms with Gasteiger partial charge in [0.05, 0.1) is 10.9 Å². The van der Waals surface area contributed by atoms with Crippen LogP contribution in [0.2, 0.25) is 0 Å². The number of benzene rings is 1. The number of unbranched alkanes of at least 4 members (excludes halogenated alkanes) is 1. The molecule has 0 spiro atoms. The average Bonchev–Trinajstić information content (AvgIpc) is 2.73. The van der Waals surface area contributed by atoms with Crippen LogP contribution < -0.4 is 0 Å². The molecule has 5 heteroatoms. The van der Waals surface area contributed by atoms with Crippen molar-refractivity contribution in [3.8, 4) is 0 Å². The number of carbonyl (C=O) groups excluding carboxylic acids is 1. The van der Waals surface area contributed by atoms with Gasteiger partial charge in [-0.2, -0.15) is 0 Å². The number of rotatable bonds is 5. The van der Waals surface area contributed by atoms with Crippen molar-refractivity contribution in [3.05, 3.63) is 41.5 Å². The van der Waals surface area contributed by atoms with E-state index in [1.165, 1.54) is 0 Å². The Balaban J connectivity index is 2.37. The van der Waals surface area contributed by atoms with Crippen molar-refractivity contribution in [1.82, 2.24) is 4.31 Å². The second-order valence-corrected chi connectivity index (χ2v) is 7.29. The van der Waals surface area contributed by atoms with Crippen molar-refractivity contribution in [2.24, 2.45) is 0 Å². The molecule has 114 valence electrons. The van der Waals surface area contributed by atoms with Gasteiger partial charge in [0.15, 0.2) is 0 Å². The molecule has 1 aliphatic rings. The molecule has 1 aliphatic heterocycles. The van der Waals surface area contributed by atoms with Crippen molar-refractivity contribution < 1.29 is 13.2 Å². The fourth-order valence-corrected chi connectivity index (χ4v) is 4.07. The number of aryl methyl sites for hydroxylation is 1. The van der Waals surface area contributed by atoms with Crippen LogP contribution in [-0.2, 0) is 14.8 Å². The molecule has 0 saturated carbocycles. The van der Waals surface area contributed by atoms with E-state index in [9.17, 15) is 13.2 Å². The monoisotopic (exact) mass is 307 g/mol. The Kier molecular flexibility index (Phi) is 4.52. The highest BCUT2D eigenvalue weighted by molar-refractivity contribution is 7.89. The van der Waals surface area contributed by atoms with Crippen LogP contribution in [0.15, 0.2) is 40.8 Å². The molecule has 4 nitrogen and oxygen atoms in total. The molecule has 2 rings (SSSR count). The minimum Gasteiger partial charge on any atom is -0.268 e. The molecular formula is C16H21NO3S.